The molecule has 6 N–H and O–H groups in total. The Balaban J connectivity index is 2.14. The van der Waals surface area contributed by atoms with Crippen LogP contribution in [0.25, 0.3) is 0 Å². The first-order chi connectivity index (χ1) is 11.3. The number of methoxy groups -OCH3 is 1. The molecule has 0 aromatic rings. The first kappa shape index (κ1) is 20.0. The van der Waals surface area contributed by atoms with Crippen LogP contribution in [0.15, 0.2) is 0 Å². The predicted octanol–water partition coefficient (Wildman–Crippen LogP) is -3.01. The van der Waals surface area contributed by atoms with E-state index in [-0.39, 0.29) is 13.0 Å². The maximum absolute atomic E-state index is 10.4. The van der Waals surface area contributed by atoms with E-state index < -0.39 is 67.5 Å². The normalized spacial score (nSPS) is 50.0. The molecule has 0 radical (unpaired) electrons. The third-order valence-corrected chi connectivity index (χ3v) is 5.02. The SMILES string of the molecule is COC1C(O)C(CO)CC(OC2C(O)C(C)OC(CO)C2O)C1O. The number of hydrogen-bond acceptors (Lipinski definition) is 9. The van der Waals surface area contributed by atoms with E-state index in [9.17, 15) is 30.6 Å². The zero-order valence-electron chi connectivity index (χ0n) is 13.8. The summed E-state index contributed by atoms with van der Waals surface area (Å²) in [6.07, 6.45) is -9.05. The molecule has 9 heteroatoms. The zero-order chi connectivity index (χ0) is 18.0. The predicted molar refractivity (Wildman–Crippen MR) is 80.1 cm³/mol. The van der Waals surface area contributed by atoms with Crippen LogP contribution in [0.5, 0.6) is 0 Å². The highest BCUT2D eigenvalue weighted by molar-refractivity contribution is 4.97. The molecule has 2 rings (SSSR count). The molecule has 10 atom stereocenters. The monoisotopic (exact) mass is 352 g/mol. The van der Waals surface area contributed by atoms with Crippen molar-refractivity contribution in [1.82, 2.24) is 0 Å². The van der Waals surface area contributed by atoms with Crippen LogP contribution in [0.1, 0.15) is 13.3 Å². The van der Waals surface area contributed by atoms with Crippen LogP contribution < -0.4 is 0 Å². The van der Waals surface area contributed by atoms with E-state index in [4.69, 9.17) is 14.2 Å². The summed E-state index contributed by atoms with van der Waals surface area (Å²) < 4.78 is 16.2. The molecular formula is C15H28O9. The Morgan fingerprint density at radius 1 is 0.917 bits per heavy atom. The number of rotatable bonds is 5. The van der Waals surface area contributed by atoms with Crippen molar-refractivity contribution in [1.29, 1.82) is 0 Å². The average Bonchev–Trinajstić information content (AvgIpc) is 2.57. The molecule has 1 aliphatic carbocycles. The fraction of sp³-hybridized carbons (Fsp3) is 1.00. The van der Waals surface area contributed by atoms with Crippen LogP contribution in [0, 0.1) is 5.92 Å². The highest BCUT2D eigenvalue weighted by Crippen LogP contribution is 2.32. The number of hydrogen-bond donors (Lipinski definition) is 6. The van der Waals surface area contributed by atoms with Crippen molar-refractivity contribution in [2.45, 2.75) is 68.3 Å². The second kappa shape index (κ2) is 8.35. The van der Waals surface area contributed by atoms with Crippen LogP contribution in [-0.4, -0.2) is 106 Å². The van der Waals surface area contributed by atoms with Gasteiger partial charge >= 0.3 is 0 Å². The van der Waals surface area contributed by atoms with E-state index in [1.54, 1.807) is 6.92 Å². The Morgan fingerprint density at radius 3 is 2.12 bits per heavy atom. The molecule has 142 valence electrons. The third kappa shape index (κ3) is 3.74. The Labute approximate surface area is 140 Å². The Morgan fingerprint density at radius 2 is 1.58 bits per heavy atom. The van der Waals surface area contributed by atoms with Gasteiger partial charge in [-0.3, -0.25) is 0 Å². The molecule has 0 aromatic heterocycles. The van der Waals surface area contributed by atoms with E-state index in [1.807, 2.05) is 0 Å². The quantitative estimate of drug-likeness (QED) is 0.304. The lowest BCUT2D eigenvalue weighted by Crippen LogP contribution is -2.62. The van der Waals surface area contributed by atoms with Gasteiger partial charge < -0.3 is 44.8 Å². The summed E-state index contributed by atoms with van der Waals surface area (Å²) in [5.41, 5.74) is 0. The summed E-state index contributed by atoms with van der Waals surface area (Å²) in [5, 5.41) is 59.6. The number of aliphatic hydroxyl groups excluding tert-OH is 6. The molecule has 0 aromatic carbocycles. The standard InChI is InChI=1S/C15H28O9/c1-6-10(18)15(13(21)9(5-17)23-6)24-8-3-7(4-16)11(19)14(22-2)12(8)20/h6-21H,3-5H2,1-2H3. The Kier molecular flexibility index (Phi) is 6.94. The van der Waals surface area contributed by atoms with E-state index >= 15 is 0 Å². The molecular weight excluding hydrogens is 324 g/mol. The van der Waals surface area contributed by atoms with Crippen molar-refractivity contribution in [3.63, 3.8) is 0 Å². The molecule has 0 bridgehead atoms. The third-order valence-electron chi connectivity index (χ3n) is 5.02. The van der Waals surface area contributed by atoms with Crippen LogP contribution >= 0.6 is 0 Å². The van der Waals surface area contributed by atoms with Gasteiger partial charge in [0, 0.05) is 19.6 Å². The summed E-state index contributed by atoms with van der Waals surface area (Å²) in [4.78, 5) is 0. The fourth-order valence-electron chi connectivity index (χ4n) is 3.49. The summed E-state index contributed by atoms with van der Waals surface area (Å²) in [6, 6.07) is 0. The minimum absolute atomic E-state index is 0.133. The molecule has 1 heterocycles. The van der Waals surface area contributed by atoms with Gasteiger partial charge in [0.25, 0.3) is 0 Å². The highest BCUT2D eigenvalue weighted by Gasteiger charge is 2.49. The van der Waals surface area contributed by atoms with Gasteiger partial charge in [-0.1, -0.05) is 0 Å². The van der Waals surface area contributed by atoms with Crippen molar-refractivity contribution in [3.8, 4) is 0 Å². The van der Waals surface area contributed by atoms with Gasteiger partial charge in [-0.2, -0.15) is 0 Å². The van der Waals surface area contributed by atoms with E-state index in [1.165, 1.54) is 7.11 Å². The van der Waals surface area contributed by atoms with E-state index in [0.717, 1.165) is 0 Å². The minimum Gasteiger partial charge on any atom is -0.396 e. The average molecular weight is 352 g/mol. The summed E-state index contributed by atoms with van der Waals surface area (Å²) >= 11 is 0. The molecule has 9 nitrogen and oxygen atoms in total. The van der Waals surface area contributed by atoms with Crippen molar-refractivity contribution in [2.75, 3.05) is 20.3 Å². The first-order valence-electron chi connectivity index (χ1n) is 8.13. The molecule has 1 saturated heterocycles. The van der Waals surface area contributed by atoms with Gasteiger partial charge in [0.05, 0.1) is 24.9 Å². The maximum atomic E-state index is 10.4. The Hall–Kier alpha value is -0.360. The first-order valence-corrected chi connectivity index (χ1v) is 8.13. The molecule has 0 amide bonds. The highest BCUT2D eigenvalue weighted by atomic mass is 16.6. The number of ether oxygens (including phenoxy) is 3. The molecule has 1 aliphatic heterocycles. The molecule has 2 aliphatic rings. The summed E-state index contributed by atoms with van der Waals surface area (Å²) in [7, 11) is 1.33. The molecule has 0 spiro atoms. The largest absolute Gasteiger partial charge is 0.396 e. The van der Waals surface area contributed by atoms with Gasteiger partial charge in [-0.25, -0.2) is 0 Å². The Bertz CT molecular complexity index is 395. The summed E-state index contributed by atoms with van der Waals surface area (Å²) in [5.74, 6) is -0.566. The van der Waals surface area contributed by atoms with E-state index in [2.05, 4.69) is 0 Å². The second-order valence-electron chi connectivity index (χ2n) is 6.54. The minimum atomic E-state index is -1.28. The topological polar surface area (TPSA) is 149 Å². The fourth-order valence-corrected chi connectivity index (χ4v) is 3.49. The van der Waals surface area contributed by atoms with Crippen LogP contribution in [-0.2, 0) is 14.2 Å². The smallest absolute Gasteiger partial charge is 0.115 e. The van der Waals surface area contributed by atoms with Crippen LogP contribution in [0.4, 0.5) is 0 Å². The van der Waals surface area contributed by atoms with Crippen LogP contribution in [0.3, 0.4) is 0 Å². The van der Waals surface area contributed by atoms with Gasteiger partial charge in [0.1, 0.15) is 36.6 Å². The summed E-state index contributed by atoms with van der Waals surface area (Å²) in [6.45, 7) is 0.831. The van der Waals surface area contributed by atoms with Crippen molar-refractivity contribution in [2.24, 2.45) is 5.92 Å². The molecule has 2 fully saturated rings. The van der Waals surface area contributed by atoms with Gasteiger partial charge in [0.15, 0.2) is 0 Å². The second-order valence-corrected chi connectivity index (χ2v) is 6.54. The zero-order valence-corrected chi connectivity index (χ0v) is 13.8. The van der Waals surface area contributed by atoms with Crippen molar-refractivity contribution >= 4 is 0 Å². The lowest BCUT2D eigenvalue weighted by molar-refractivity contribution is -0.270. The van der Waals surface area contributed by atoms with E-state index in [0.29, 0.717) is 0 Å². The lowest BCUT2D eigenvalue weighted by atomic mass is 9.80. The molecule has 1 saturated carbocycles. The van der Waals surface area contributed by atoms with Gasteiger partial charge in [-0.15, -0.1) is 0 Å². The van der Waals surface area contributed by atoms with Gasteiger partial charge in [-0.05, 0) is 13.3 Å². The maximum Gasteiger partial charge on any atom is 0.115 e. The van der Waals surface area contributed by atoms with Crippen molar-refractivity contribution < 1.29 is 44.8 Å². The lowest BCUT2D eigenvalue weighted by Gasteiger charge is -2.46. The molecule has 24 heavy (non-hydrogen) atoms. The van der Waals surface area contributed by atoms with Gasteiger partial charge in [0.2, 0.25) is 0 Å². The van der Waals surface area contributed by atoms with Crippen LogP contribution in [0.2, 0.25) is 0 Å². The molecule has 10 unspecified atom stereocenters. The number of aliphatic hydroxyl groups is 6. The van der Waals surface area contributed by atoms with Crippen molar-refractivity contribution in [3.05, 3.63) is 0 Å².